The molecule has 1 atom stereocenters. The maximum Gasteiger partial charge on any atom is 0.251 e. The fourth-order valence-electron chi connectivity index (χ4n) is 2.62. The average molecular weight is 289 g/mol. The molecule has 5 nitrogen and oxygen atoms in total. The third-order valence-corrected chi connectivity index (χ3v) is 3.73. The number of halogens is 1. The lowest BCUT2D eigenvalue weighted by Gasteiger charge is -2.28. The van der Waals surface area contributed by atoms with E-state index in [0.29, 0.717) is 30.8 Å². The Kier molecular flexibility index (Phi) is 3.47. The van der Waals surface area contributed by atoms with Gasteiger partial charge in [0.2, 0.25) is 0 Å². The second kappa shape index (κ2) is 5.29. The molecule has 6 heteroatoms. The number of nitrogens with zero attached hydrogens (tertiary/aromatic N) is 2. The summed E-state index contributed by atoms with van der Waals surface area (Å²) in [6, 6.07) is 6.43. The predicted octanol–water partition coefficient (Wildman–Crippen LogP) is 1.48. The van der Waals surface area contributed by atoms with Gasteiger partial charge in [0, 0.05) is 36.3 Å². The van der Waals surface area contributed by atoms with Crippen molar-refractivity contribution in [1.82, 2.24) is 15.1 Å². The SMILES string of the molecule is C[C@H](O)C(=O)N1CCc2[nH]nc(-c3ccccc3F)c2C1. The van der Waals surface area contributed by atoms with E-state index in [-0.39, 0.29) is 11.7 Å². The molecular weight excluding hydrogens is 273 g/mol. The first-order chi connectivity index (χ1) is 10.1. The molecule has 1 aromatic heterocycles. The molecule has 1 aliphatic heterocycles. The third kappa shape index (κ3) is 2.42. The Morgan fingerprint density at radius 3 is 2.95 bits per heavy atom. The number of benzene rings is 1. The highest BCUT2D eigenvalue weighted by atomic mass is 19.1. The predicted molar refractivity (Wildman–Crippen MR) is 74.8 cm³/mol. The van der Waals surface area contributed by atoms with E-state index in [1.807, 2.05) is 0 Å². The largest absolute Gasteiger partial charge is 0.384 e. The minimum absolute atomic E-state index is 0.318. The lowest BCUT2D eigenvalue weighted by Crippen LogP contribution is -2.41. The normalized spacial score (nSPS) is 15.7. The van der Waals surface area contributed by atoms with E-state index in [4.69, 9.17) is 0 Å². The van der Waals surface area contributed by atoms with Crippen LogP contribution in [0.3, 0.4) is 0 Å². The zero-order valence-corrected chi connectivity index (χ0v) is 11.6. The Labute approximate surface area is 121 Å². The first kappa shape index (κ1) is 13.8. The molecule has 2 heterocycles. The molecule has 0 saturated carbocycles. The van der Waals surface area contributed by atoms with Gasteiger partial charge in [-0.2, -0.15) is 5.10 Å². The molecule has 2 N–H and O–H groups in total. The summed E-state index contributed by atoms with van der Waals surface area (Å²) in [5.41, 5.74) is 2.69. The third-order valence-electron chi connectivity index (χ3n) is 3.73. The molecule has 0 fully saturated rings. The van der Waals surface area contributed by atoms with Crippen molar-refractivity contribution in [2.24, 2.45) is 0 Å². The van der Waals surface area contributed by atoms with Gasteiger partial charge in [0.1, 0.15) is 17.6 Å². The topological polar surface area (TPSA) is 69.2 Å². The van der Waals surface area contributed by atoms with Gasteiger partial charge in [-0.1, -0.05) is 12.1 Å². The van der Waals surface area contributed by atoms with Crippen LogP contribution in [-0.4, -0.2) is 38.8 Å². The van der Waals surface area contributed by atoms with Crippen LogP contribution in [0.2, 0.25) is 0 Å². The standard InChI is InChI=1S/C15H16FN3O2/c1-9(20)15(21)19-7-6-13-11(8-19)14(18-17-13)10-4-2-3-5-12(10)16/h2-5,9,20H,6-8H2,1H3,(H,17,18)/t9-/m0/s1. The van der Waals surface area contributed by atoms with E-state index in [1.165, 1.54) is 13.0 Å². The van der Waals surface area contributed by atoms with Gasteiger partial charge in [0.25, 0.3) is 5.91 Å². The van der Waals surface area contributed by atoms with Crippen molar-refractivity contribution < 1.29 is 14.3 Å². The van der Waals surface area contributed by atoms with Crippen LogP contribution in [0.25, 0.3) is 11.3 Å². The number of carbonyl (C=O) groups excluding carboxylic acids is 1. The molecule has 0 bridgehead atoms. The number of amides is 1. The summed E-state index contributed by atoms with van der Waals surface area (Å²) in [7, 11) is 0. The number of aromatic nitrogens is 2. The second-order valence-corrected chi connectivity index (χ2v) is 5.19. The van der Waals surface area contributed by atoms with Gasteiger partial charge < -0.3 is 10.0 Å². The van der Waals surface area contributed by atoms with Crippen LogP contribution < -0.4 is 0 Å². The van der Waals surface area contributed by atoms with E-state index >= 15 is 0 Å². The summed E-state index contributed by atoms with van der Waals surface area (Å²) in [5.74, 6) is -0.660. The van der Waals surface area contributed by atoms with Gasteiger partial charge >= 0.3 is 0 Å². The number of H-pyrrole nitrogens is 1. The van der Waals surface area contributed by atoms with Crippen LogP contribution in [0, 0.1) is 5.82 Å². The summed E-state index contributed by atoms with van der Waals surface area (Å²) in [6.07, 6.45) is -0.412. The molecule has 0 saturated heterocycles. The Balaban J connectivity index is 1.97. The van der Waals surface area contributed by atoms with E-state index < -0.39 is 6.10 Å². The van der Waals surface area contributed by atoms with Crippen molar-refractivity contribution in [2.45, 2.75) is 26.0 Å². The molecular formula is C15H16FN3O2. The monoisotopic (exact) mass is 289 g/mol. The Morgan fingerprint density at radius 2 is 2.24 bits per heavy atom. The lowest BCUT2D eigenvalue weighted by atomic mass is 10.0. The zero-order chi connectivity index (χ0) is 15.0. The minimum atomic E-state index is -1.03. The van der Waals surface area contributed by atoms with Crippen LogP contribution in [0.15, 0.2) is 24.3 Å². The Morgan fingerprint density at radius 1 is 1.48 bits per heavy atom. The van der Waals surface area contributed by atoms with Crippen LogP contribution in [-0.2, 0) is 17.8 Å². The van der Waals surface area contributed by atoms with Crippen LogP contribution >= 0.6 is 0 Å². The van der Waals surface area contributed by atoms with E-state index in [1.54, 1.807) is 23.1 Å². The molecule has 0 unspecified atom stereocenters. The molecule has 21 heavy (non-hydrogen) atoms. The maximum absolute atomic E-state index is 13.9. The Bertz CT molecular complexity index is 681. The molecule has 0 aliphatic carbocycles. The van der Waals surface area contributed by atoms with Crippen molar-refractivity contribution in [3.63, 3.8) is 0 Å². The molecule has 1 aliphatic rings. The zero-order valence-electron chi connectivity index (χ0n) is 11.6. The van der Waals surface area contributed by atoms with Gasteiger partial charge in [-0.3, -0.25) is 9.89 Å². The van der Waals surface area contributed by atoms with Gasteiger partial charge in [-0.25, -0.2) is 4.39 Å². The number of aliphatic hydroxyl groups is 1. The highest BCUT2D eigenvalue weighted by Gasteiger charge is 2.28. The number of rotatable bonds is 2. The Hall–Kier alpha value is -2.21. The summed E-state index contributed by atoms with van der Waals surface area (Å²) in [5, 5.41) is 16.6. The van der Waals surface area contributed by atoms with Crippen molar-refractivity contribution in [3.8, 4) is 11.3 Å². The average Bonchev–Trinajstić information content (AvgIpc) is 2.89. The van der Waals surface area contributed by atoms with E-state index in [9.17, 15) is 14.3 Å². The molecule has 2 aromatic rings. The van der Waals surface area contributed by atoms with Crippen LogP contribution in [0.5, 0.6) is 0 Å². The number of hydrogen-bond acceptors (Lipinski definition) is 3. The van der Waals surface area contributed by atoms with E-state index in [2.05, 4.69) is 10.2 Å². The lowest BCUT2D eigenvalue weighted by molar-refractivity contribution is -0.140. The molecule has 0 radical (unpaired) electrons. The molecule has 0 spiro atoms. The van der Waals surface area contributed by atoms with Gasteiger partial charge in [-0.05, 0) is 19.1 Å². The minimum Gasteiger partial charge on any atom is -0.384 e. The quantitative estimate of drug-likeness (QED) is 0.880. The fourth-order valence-corrected chi connectivity index (χ4v) is 2.62. The maximum atomic E-state index is 13.9. The molecule has 3 rings (SSSR count). The summed E-state index contributed by atoms with van der Waals surface area (Å²) in [4.78, 5) is 13.5. The van der Waals surface area contributed by atoms with Crippen LogP contribution in [0.1, 0.15) is 18.2 Å². The number of fused-ring (bicyclic) bond motifs is 1. The fraction of sp³-hybridized carbons (Fsp3) is 0.333. The van der Waals surface area contributed by atoms with Crippen molar-refractivity contribution in [3.05, 3.63) is 41.3 Å². The summed E-state index contributed by atoms with van der Waals surface area (Å²) >= 11 is 0. The van der Waals surface area contributed by atoms with E-state index in [0.717, 1.165) is 11.3 Å². The highest BCUT2D eigenvalue weighted by Crippen LogP contribution is 2.30. The highest BCUT2D eigenvalue weighted by molar-refractivity contribution is 5.81. The first-order valence-corrected chi connectivity index (χ1v) is 6.86. The number of hydrogen-bond donors (Lipinski definition) is 2. The van der Waals surface area contributed by atoms with Gasteiger partial charge in [0.05, 0.1) is 0 Å². The van der Waals surface area contributed by atoms with Crippen molar-refractivity contribution >= 4 is 5.91 Å². The summed E-state index contributed by atoms with van der Waals surface area (Å²) < 4.78 is 13.9. The smallest absolute Gasteiger partial charge is 0.251 e. The molecule has 1 aromatic carbocycles. The number of aliphatic hydroxyl groups excluding tert-OH is 1. The molecule has 1 amide bonds. The first-order valence-electron chi connectivity index (χ1n) is 6.86. The molecule has 110 valence electrons. The van der Waals surface area contributed by atoms with Crippen LogP contribution in [0.4, 0.5) is 4.39 Å². The second-order valence-electron chi connectivity index (χ2n) is 5.19. The van der Waals surface area contributed by atoms with Gasteiger partial charge in [0.15, 0.2) is 0 Å². The van der Waals surface area contributed by atoms with Crippen molar-refractivity contribution in [2.75, 3.05) is 6.54 Å². The number of aromatic amines is 1. The number of nitrogens with one attached hydrogen (secondary N) is 1. The van der Waals surface area contributed by atoms with Crippen molar-refractivity contribution in [1.29, 1.82) is 0 Å². The number of carbonyl (C=O) groups is 1. The summed E-state index contributed by atoms with van der Waals surface area (Å²) in [6.45, 7) is 2.31. The van der Waals surface area contributed by atoms with Gasteiger partial charge in [-0.15, -0.1) is 0 Å².